The Hall–Kier alpha value is -0.610. The predicted octanol–water partition coefficient (Wildman–Crippen LogP) is 0.607. The lowest BCUT2D eigenvalue weighted by atomic mass is 10.0. The van der Waals surface area contributed by atoms with Gasteiger partial charge >= 0.3 is 0 Å². The summed E-state index contributed by atoms with van der Waals surface area (Å²) in [7, 11) is 1.69. The Morgan fingerprint density at radius 2 is 2.27 bits per heavy atom. The fourth-order valence-electron chi connectivity index (χ4n) is 1.96. The highest BCUT2D eigenvalue weighted by Gasteiger charge is 2.29. The molecule has 2 atom stereocenters. The average Bonchev–Trinajstić information content (AvgIpc) is 2.63. The van der Waals surface area contributed by atoms with Crippen LogP contribution < -0.4 is 5.73 Å². The summed E-state index contributed by atoms with van der Waals surface area (Å²) in [5, 5.41) is 0. The van der Waals surface area contributed by atoms with Crippen LogP contribution in [0.5, 0.6) is 0 Å². The van der Waals surface area contributed by atoms with E-state index in [0.29, 0.717) is 12.5 Å². The first-order valence-corrected chi connectivity index (χ1v) is 5.61. The Morgan fingerprint density at radius 1 is 1.60 bits per heavy atom. The van der Waals surface area contributed by atoms with Crippen LogP contribution in [0.2, 0.25) is 0 Å². The summed E-state index contributed by atoms with van der Waals surface area (Å²) in [5.41, 5.74) is 5.85. The summed E-state index contributed by atoms with van der Waals surface area (Å²) < 4.78 is 5.22. The Morgan fingerprint density at radius 3 is 2.73 bits per heavy atom. The maximum Gasteiger partial charge on any atom is 0.239 e. The van der Waals surface area contributed by atoms with Crippen LogP contribution in [0.1, 0.15) is 26.7 Å². The number of likely N-dealkylation sites (tertiary alicyclic amines) is 1. The molecule has 0 saturated carbocycles. The third kappa shape index (κ3) is 3.47. The summed E-state index contributed by atoms with van der Waals surface area (Å²) in [6, 6.07) is -0.347. The van der Waals surface area contributed by atoms with E-state index in [4.69, 9.17) is 10.5 Å². The van der Waals surface area contributed by atoms with Gasteiger partial charge in [-0.15, -0.1) is 0 Å². The van der Waals surface area contributed by atoms with E-state index in [-0.39, 0.29) is 18.1 Å². The number of carbonyl (C=O) groups is 1. The highest BCUT2D eigenvalue weighted by molar-refractivity contribution is 5.81. The van der Waals surface area contributed by atoms with Gasteiger partial charge in [0.05, 0.1) is 12.1 Å². The van der Waals surface area contributed by atoms with Crippen LogP contribution in [0.3, 0.4) is 0 Å². The van der Waals surface area contributed by atoms with E-state index < -0.39 is 0 Å². The van der Waals surface area contributed by atoms with E-state index in [1.54, 1.807) is 7.11 Å². The molecular weight excluding hydrogens is 192 g/mol. The molecule has 15 heavy (non-hydrogen) atoms. The molecule has 0 aromatic heterocycles. The van der Waals surface area contributed by atoms with Gasteiger partial charge in [-0.1, -0.05) is 13.8 Å². The smallest absolute Gasteiger partial charge is 0.239 e. The minimum Gasteiger partial charge on any atom is -0.380 e. The number of hydrogen-bond donors (Lipinski definition) is 1. The third-order valence-corrected chi connectivity index (χ3v) is 2.83. The number of ether oxygens (including phenoxy) is 1. The molecule has 1 fully saturated rings. The molecule has 1 saturated heterocycles. The largest absolute Gasteiger partial charge is 0.380 e. The van der Waals surface area contributed by atoms with E-state index in [1.165, 1.54) is 0 Å². The number of amides is 1. The Labute approximate surface area is 91.8 Å². The molecule has 1 aliphatic rings. The molecule has 0 aliphatic carbocycles. The van der Waals surface area contributed by atoms with Crippen molar-refractivity contribution in [3.8, 4) is 0 Å². The molecule has 88 valence electrons. The van der Waals surface area contributed by atoms with Gasteiger partial charge in [-0.3, -0.25) is 4.79 Å². The van der Waals surface area contributed by atoms with E-state index in [0.717, 1.165) is 19.4 Å². The molecule has 1 heterocycles. The minimum atomic E-state index is -0.347. The number of hydrogen-bond acceptors (Lipinski definition) is 3. The second-order valence-corrected chi connectivity index (χ2v) is 4.67. The Balaban J connectivity index is 2.40. The van der Waals surface area contributed by atoms with E-state index in [1.807, 2.05) is 4.90 Å². The zero-order valence-electron chi connectivity index (χ0n) is 9.90. The van der Waals surface area contributed by atoms with Crippen molar-refractivity contribution in [2.45, 2.75) is 38.8 Å². The molecular formula is C11H22N2O2. The van der Waals surface area contributed by atoms with Gasteiger partial charge in [-0.2, -0.15) is 0 Å². The molecule has 0 aromatic rings. The minimum absolute atomic E-state index is 0.0725. The van der Waals surface area contributed by atoms with Crippen molar-refractivity contribution in [1.82, 2.24) is 4.90 Å². The average molecular weight is 214 g/mol. The van der Waals surface area contributed by atoms with Gasteiger partial charge in [0.1, 0.15) is 0 Å². The predicted molar refractivity (Wildman–Crippen MR) is 59.4 cm³/mol. The van der Waals surface area contributed by atoms with Crippen LogP contribution >= 0.6 is 0 Å². The third-order valence-electron chi connectivity index (χ3n) is 2.83. The molecule has 2 unspecified atom stereocenters. The van der Waals surface area contributed by atoms with Gasteiger partial charge in [-0.05, 0) is 18.8 Å². The molecule has 0 bridgehead atoms. The van der Waals surface area contributed by atoms with Crippen LogP contribution in [0.25, 0.3) is 0 Å². The molecule has 1 rings (SSSR count). The summed E-state index contributed by atoms with van der Waals surface area (Å²) in [5.74, 6) is 0.535. The van der Waals surface area contributed by atoms with Crippen molar-refractivity contribution >= 4 is 5.91 Å². The molecule has 4 nitrogen and oxygen atoms in total. The molecule has 4 heteroatoms. The van der Waals surface area contributed by atoms with Crippen LogP contribution in [0.15, 0.2) is 0 Å². The Bertz CT molecular complexity index is 219. The van der Waals surface area contributed by atoms with Crippen LogP contribution in [-0.2, 0) is 9.53 Å². The van der Waals surface area contributed by atoms with Gasteiger partial charge in [0.15, 0.2) is 0 Å². The van der Waals surface area contributed by atoms with E-state index >= 15 is 0 Å². The quantitative estimate of drug-likeness (QED) is 0.746. The highest BCUT2D eigenvalue weighted by Crippen LogP contribution is 2.14. The lowest BCUT2D eigenvalue weighted by Gasteiger charge is -2.21. The van der Waals surface area contributed by atoms with Crippen LogP contribution in [-0.4, -0.2) is 43.2 Å². The molecule has 0 aromatic carbocycles. The Kier molecular flexibility index (Phi) is 4.54. The number of nitrogens with two attached hydrogens (primary N) is 1. The number of nitrogens with zero attached hydrogens (tertiary/aromatic N) is 1. The first kappa shape index (κ1) is 12.5. The van der Waals surface area contributed by atoms with Crippen LogP contribution in [0.4, 0.5) is 0 Å². The topological polar surface area (TPSA) is 55.6 Å². The molecule has 1 amide bonds. The number of carbonyl (C=O) groups excluding carboxylic acids is 1. The van der Waals surface area contributed by atoms with Crippen molar-refractivity contribution in [1.29, 1.82) is 0 Å². The fourth-order valence-corrected chi connectivity index (χ4v) is 1.96. The number of methoxy groups -OCH3 is 1. The van der Waals surface area contributed by atoms with Gasteiger partial charge in [0, 0.05) is 20.2 Å². The lowest BCUT2D eigenvalue weighted by molar-refractivity contribution is -0.132. The van der Waals surface area contributed by atoms with Crippen molar-refractivity contribution in [3.05, 3.63) is 0 Å². The maximum atomic E-state index is 11.9. The number of rotatable bonds is 4. The van der Waals surface area contributed by atoms with Crippen LogP contribution in [0, 0.1) is 5.92 Å². The van der Waals surface area contributed by atoms with E-state index in [9.17, 15) is 4.79 Å². The second-order valence-electron chi connectivity index (χ2n) is 4.67. The maximum absolute atomic E-state index is 11.9. The molecule has 1 aliphatic heterocycles. The van der Waals surface area contributed by atoms with E-state index in [2.05, 4.69) is 13.8 Å². The van der Waals surface area contributed by atoms with Crippen molar-refractivity contribution in [2.75, 3.05) is 20.2 Å². The normalized spacial score (nSPS) is 23.5. The van der Waals surface area contributed by atoms with Gasteiger partial charge < -0.3 is 15.4 Å². The zero-order valence-corrected chi connectivity index (χ0v) is 9.90. The van der Waals surface area contributed by atoms with Crippen molar-refractivity contribution in [3.63, 3.8) is 0 Å². The highest BCUT2D eigenvalue weighted by atomic mass is 16.5. The first-order valence-electron chi connectivity index (χ1n) is 5.61. The molecule has 0 spiro atoms. The molecule has 0 radical (unpaired) electrons. The first-order chi connectivity index (χ1) is 7.04. The monoisotopic (exact) mass is 214 g/mol. The van der Waals surface area contributed by atoms with Gasteiger partial charge in [-0.25, -0.2) is 0 Å². The lowest BCUT2D eigenvalue weighted by Crippen LogP contribution is -2.43. The van der Waals surface area contributed by atoms with Gasteiger partial charge in [0.2, 0.25) is 5.91 Å². The summed E-state index contributed by atoms with van der Waals surface area (Å²) in [6.07, 6.45) is 1.88. The zero-order chi connectivity index (χ0) is 11.4. The van der Waals surface area contributed by atoms with Crippen molar-refractivity contribution < 1.29 is 9.53 Å². The standard InChI is InChI=1S/C11H22N2O2/c1-8(2)6-10(12)11(14)13-5-4-9(7-13)15-3/h8-10H,4-7,12H2,1-3H3. The fraction of sp³-hybridized carbons (Fsp3) is 0.909. The van der Waals surface area contributed by atoms with Gasteiger partial charge in [0.25, 0.3) is 0 Å². The van der Waals surface area contributed by atoms with Crippen molar-refractivity contribution in [2.24, 2.45) is 11.7 Å². The SMILES string of the molecule is COC1CCN(C(=O)C(N)CC(C)C)C1. The summed E-state index contributed by atoms with van der Waals surface area (Å²) in [4.78, 5) is 13.7. The molecule has 2 N–H and O–H groups in total. The summed E-state index contributed by atoms with van der Waals surface area (Å²) in [6.45, 7) is 5.63. The summed E-state index contributed by atoms with van der Waals surface area (Å²) >= 11 is 0. The second kappa shape index (κ2) is 5.47.